The fourth-order valence-corrected chi connectivity index (χ4v) is 5.26. The van der Waals surface area contributed by atoms with E-state index in [4.69, 9.17) is 4.42 Å². The Morgan fingerprint density at radius 1 is 1.15 bits per heavy atom. The number of carbonyl (C=O) groups excluding carboxylic acids is 2. The number of alkyl halides is 2. The van der Waals surface area contributed by atoms with E-state index in [1.165, 1.54) is 6.20 Å². The molecule has 2 aliphatic rings. The molecule has 0 unspecified atom stereocenters. The van der Waals surface area contributed by atoms with Crippen molar-refractivity contribution >= 4 is 17.9 Å². The zero-order valence-corrected chi connectivity index (χ0v) is 22.1. The SMILES string of the molecule is CCN1CCN(c2ccc(C(=O)N(C)Cc3ccc(-c4nnc(C(F)F)o4)cn3)c(C3(C=O)CCC3)c2)CC1. The van der Waals surface area contributed by atoms with Crippen LogP contribution in [0.5, 0.6) is 0 Å². The third-order valence-electron chi connectivity index (χ3n) is 7.87. The average molecular weight is 539 g/mol. The first-order valence-corrected chi connectivity index (χ1v) is 13.2. The number of hydrogen-bond donors (Lipinski definition) is 0. The van der Waals surface area contributed by atoms with Crippen LogP contribution in [0.4, 0.5) is 14.5 Å². The predicted molar refractivity (Wildman–Crippen MR) is 141 cm³/mol. The van der Waals surface area contributed by atoms with Gasteiger partial charge < -0.3 is 23.9 Å². The fourth-order valence-electron chi connectivity index (χ4n) is 5.26. The molecule has 0 spiro atoms. The van der Waals surface area contributed by atoms with Crippen LogP contribution in [0.15, 0.2) is 40.9 Å². The van der Waals surface area contributed by atoms with E-state index in [1.54, 1.807) is 24.1 Å². The molecule has 0 N–H and O–H groups in total. The maximum Gasteiger partial charge on any atom is 0.314 e. The van der Waals surface area contributed by atoms with Crippen molar-refractivity contribution in [3.05, 3.63) is 59.2 Å². The lowest BCUT2D eigenvalue weighted by Gasteiger charge is -2.40. The van der Waals surface area contributed by atoms with E-state index >= 15 is 0 Å². The number of aldehydes is 1. The predicted octanol–water partition coefficient (Wildman–Crippen LogP) is 4.10. The third-order valence-corrected chi connectivity index (χ3v) is 7.87. The lowest BCUT2D eigenvalue weighted by molar-refractivity contribution is -0.115. The van der Waals surface area contributed by atoms with Gasteiger partial charge in [-0.15, -0.1) is 10.2 Å². The lowest BCUT2D eigenvalue weighted by atomic mass is 9.64. The van der Waals surface area contributed by atoms with Gasteiger partial charge in [-0.1, -0.05) is 13.3 Å². The summed E-state index contributed by atoms with van der Waals surface area (Å²) in [4.78, 5) is 36.6. The van der Waals surface area contributed by atoms with E-state index in [1.807, 2.05) is 18.2 Å². The first-order chi connectivity index (χ1) is 18.8. The summed E-state index contributed by atoms with van der Waals surface area (Å²) in [6, 6.07) is 9.20. The molecule has 1 aliphatic carbocycles. The van der Waals surface area contributed by atoms with E-state index in [0.29, 0.717) is 16.8 Å². The average Bonchev–Trinajstić information content (AvgIpc) is 3.44. The van der Waals surface area contributed by atoms with Gasteiger partial charge in [0.25, 0.3) is 11.8 Å². The summed E-state index contributed by atoms with van der Waals surface area (Å²) in [5, 5.41) is 6.97. The molecule has 3 heterocycles. The van der Waals surface area contributed by atoms with Crippen molar-refractivity contribution in [1.82, 2.24) is 25.0 Å². The van der Waals surface area contributed by atoms with Crippen molar-refractivity contribution in [2.75, 3.05) is 44.7 Å². The molecule has 39 heavy (non-hydrogen) atoms. The van der Waals surface area contributed by atoms with Crippen LogP contribution in [0.2, 0.25) is 0 Å². The molecule has 1 aliphatic heterocycles. The number of piperazine rings is 1. The Bertz CT molecular complexity index is 1320. The Morgan fingerprint density at radius 3 is 2.49 bits per heavy atom. The number of carbonyl (C=O) groups is 2. The van der Waals surface area contributed by atoms with Crippen molar-refractivity contribution in [2.24, 2.45) is 0 Å². The van der Waals surface area contributed by atoms with Gasteiger partial charge in [-0.3, -0.25) is 9.78 Å². The van der Waals surface area contributed by atoms with Gasteiger partial charge in [0, 0.05) is 50.7 Å². The van der Waals surface area contributed by atoms with Gasteiger partial charge in [-0.05, 0) is 55.3 Å². The largest absolute Gasteiger partial charge is 0.415 e. The smallest absolute Gasteiger partial charge is 0.314 e. The topological polar surface area (TPSA) is 95.7 Å². The molecule has 0 radical (unpaired) electrons. The van der Waals surface area contributed by atoms with Crippen LogP contribution in [0.1, 0.15) is 60.1 Å². The number of benzene rings is 1. The van der Waals surface area contributed by atoms with Gasteiger partial charge in [0.2, 0.25) is 5.89 Å². The van der Waals surface area contributed by atoms with Gasteiger partial charge >= 0.3 is 6.43 Å². The van der Waals surface area contributed by atoms with E-state index in [0.717, 1.165) is 69.5 Å². The Hall–Kier alpha value is -3.73. The van der Waals surface area contributed by atoms with Crippen LogP contribution in [0.25, 0.3) is 11.5 Å². The summed E-state index contributed by atoms with van der Waals surface area (Å²) < 4.78 is 30.5. The van der Waals surface area contributed by atoms with Gasteiger partial charge in [-0.25, -0.2) is 0 Å². The number of nitrogens with zero attached hydrogens (tertiary/aromatic N) is 6. The molecule has 5 rings (SSSR count). The second-order valence-corrected chi connectivity index (χ2v) is 10.2. The van der Waals surface area contributed by atoms with Gasteiger partial charge in [0.05, 0.1) is 23.2 Å². The summed E-state index contributed by atoms with van der Waals surface area (Å²) in [5.74, 6) is -0.983. The Morgan fingerprint density at radius 2 is 1.92 bits per heavy atom. The quantitative estimate of drug-likeness (QED) is 0.376. The molecule has 1 saturated carbocycles. The van der Waals surface area contributed by atoms with Crippen LogP contribution in [0, 0.1) is 0 Å². The first-order valence-electron chi connectivity index (χ1n) is 13.2. The normalized spacial score (nSPS) is 17.2. The highest BCUT2D eigenvalue weighted by molar-refractivity contribution is 5.98. The Labute approximate surface area is 225 Å². The first kappa shape index (κ1) is 26.9. The van der Waals surface area contributed by atoms with Crippen molar-refractivity contribution in [1.29, 1.82) is 0 Å². The van der Waals surface area contributed by atoms with Gasteiger partial charge in [0.15, 0.2) is 0 Å². The molecular formula is C28H32F2N6O3. The van der Waals surface area contributed by atoms with Crippen LogP contribution in [-0.4, -0.2) is 76.9 Å². The number of likely N-dealkylation sites (N-methyl/N-ethyl adjacent to an activating group) is 1. The number of rotatable bonds is 9. The number of anilines is 1. The highest BCUT2D eigenvalue weighted by Gasteiger charge is 2.41. The second-order valence-electron chi connectivity index (χ2n) is 10.2. The van der Waals surface area contributed by atoms with Crippen molar-refractivity contribution in [3.63, 3.8) is 0 Å². The summed E-state index contributed by atoms with van der Waals surface area (Å²) in [5.41, 5.74) is 2.74. The molecule has 3 aromatic rings. The number of pyridine rings is 1. The number of halogens is 2. The van der Waals surface area contributed by atoms with Crippen LogP contribution >= 0.6 is 0 Å². The van der Waals surface area contributed by atoms with Gasteiger partial charge in [-0.2, -0.15) is 8.78 Å². The van der Waals surface area contributed by atoms with Crippen molar-refractivity contribution < 1.29 is 22.8 Å². The molecule has 9 nitrogen and oxygen atoms in total. The summed E-state index contributed by atoms with van der Waals surface area (Å²) >= 11 is 0. The molecule has 1 saturated heterocycles. The molecule has 206 valence electrons. The number of hydrogen-bond acceptors (Lipinski definition) is 8. The maximum atomic E-state index is 13.7. The van der Waals surface area contributed by atoms with E-state index in [-0.39, 0.29) is 18.3 Å². The van der Waals surface area contributed by atoms with E-state index in [9.17, 15) is 18.4 Å². The minimum atomic E-state index is -2.85. The molecule has 2 aromatic heterocycles. The zero-order chi connectivity index (χ0) is 27.6. The zero-order valence-electron chi connectivity index (χ0n) is 22.1. The monoisotopic (exact) mass is 538 g/mol. The summed E-state index contributed by atoms with van der Waals surface area (Å²) in [7, 11) is 1.70. The summed E-state index contributed by atoms with van der Waals surface area (Å²) in [6.45, 7) is 7.20. The number of aromatic nitrogens is 3. The van der Waals surface area contributed by atoms with E-state index in [2.05, 4.69) is 31.9 Å². The second kappa shape index (κ2) is 11.2. The van der Waals surface area contributed by atoms with Crippen LogP contribution in [-0.2, 0) is 16.8 Å². The molecule has 0 atom stereocenters. The molecule has 1 amide bonds. The van der Waals surface area contributed by atoms with Gasteiger partial charge in [0.1, 0.15) is 6.29 Å². The van der Waals surface area contributed by atoms with Crippen molar-refractivity contribution in [3.8, 4) is 11.5 Å². The third kappa shape index (κ3) is 5.40. The van der Waals surface area contributed by atoms with E-state index < -0.39 is 17.7 Å². The fraction of sp³-hybridized carbons (Fsp3) is 0.464. The highest BCUT2D eigenvalue weighted by Crippen LogP contribution is 2.44. The molecule has 1 aromatic carbocycles. The lowest BCUT2D eigenvalue weighted by Crippen LogP contribution is -2.46. The molecule has 0 bridgehead atoms. The minimum absolute atomic E-state index is 0.0470. The molecular weight excluding hydrogens is 506 g/mol. The standard InChI is InChI=1S/C28H32F2N6O3/c1-3-35-11-13-36(14-12-35)21-7-8-22(23(15-21)28(18-37)9-4-10-28)27(38)34(2)17-20-6-5-19(16-31-20)25-32-33-26(39-25)24(29)30/h5-8,15-16,18,24H,3-4,9-14,17H2,1-2H3. The molecule has 11 heteroatoms. The number of amides is 1. The Kier molecular flexibility index (Phi) is 7.69. The Balaban J connectivity index is 1.34. The van der Waals surface area contributed by atoms with Crippen LogP contribution in [0.3, 0.4) is 0 Å². The van der Waals surface area contributed by atoms with Crippen molar-refractivity contribution in [2.45, 2.75) is 44.6 Å². The van der Waals surface area contributed by atoms with Crippen LogP contribution < -0.4 is 4.90 Å². The molecule has 2 fully saturated rings. The highest BCUT2D eigenvalue weighted by atomic mass is 19.3. The summed E-state index contributed by atoms with van der Waals surface area (Å²) in [6.07, 6.45) is 2.04. The minimum Gasteiger partial charge on any atom is -0.415 e. The maximum absolute atomic E-state index is 13.7.